The van der Waals surface area contributed by atoms with Crippen molar-refractivity contribution in [2.45, 2.75) is 45.2 Å². The van der Waals surface area contributed by atoms with Gasteiger partial charge in [0.15, 0.2) is 0 Å². The number of piperidine rings is 1. The normalized spacial score (nSPS) is 20.2. The van der Waals surface area contributed by atoms with E-state index in [9.17, 15) is 9.59 Å². The molecule has 1 fully saturated rings. The minimum atomic E-state index is -0.0803. The number of amides is 2. The number of carbonyl (C=O) groups excluding carboxylic acids is 2. The standard InChI is InChI=1S/C22H27N3O3/c1-15-13-17-5-3-4-6-20(17)25(15)21(26)14-24-10-7-18(8-11-24)23-22(27)19-9-12-28-16(19)2/h3-6,9,12,15,18H,7-8,10-11,13-14H2,1-2H3,(H,23,27). The molecule has 1 unspecified atom stereocenters. The molecule has 2 aliphatic rings. The van der Waals surface area contributed by atoms with Gasteiger partial charge in [0.25, 0.3) is 5.91 Å². The molecular weight excluding hydrogens is 354 g/mol. The van der Waals surface area contributed by atoms with E-state index in [1.165, 1.54) is 11.8 Å². The number of para-hydroxylation sites is 1. The van der Waals surface area contributed by atoms with Crippen molar-refractivity contribution < 1.29 is 14.0 Å². The molecule has 0 saturated carbocycles. The summed E-state index contributed by atoms with van der Waals surface area (Å²) in [5, 5.41) is 3.09. The molecule has 0 radical (unpaired) electrons. The summed E-state index contributed by atoms with van der Waals surface area (Å²) in [6, 6.07) is 10.2. The first kappa shape index (κ1) is 18.7. The van der Waals surface area contributed by atoms with E-state index in [1.54, 1.807) is 13.0 Å². The van der Waals surface area contributed by atoms with Crippen LogP contribution in [0.15, 0.2) is 41.0 Å². The molecule has 3 heterocycles. The predicted octanol–water partition coefficient (Wildman–Crippen LogP) is 2.76. The Morgan fingerprint density at radius 3 is 2.64 bits per heavy atom. The molecule has 28 heavy (non-hydrogen) atoms. The van der Waals surface area contributed by atoms with Gasteiger partial charge in [0, 0.05) is 30.9 Å². The summed E-state index contributed by atoms with van der Waals surface area (Å²) in [4.78, 5) is 29.4. The van der Waals surface area contributed by atoms with Crippen LogP contribution in [0, 0.1) is 6.92 Å². The third kappa shape index (κ3) is 3.69. The van der Waals surface area contributed by atoms with Gasteiger partial charge in [0.1, 0.15) is 5.76 Å². The van der Waals surface area contributed by atoms with Crippen molar-refractivity contribution in [1.29, 1.82) is 0 Å². The van der Waals surface area contributed by atoms with E-state index in [4.69, 9.17) is 4.42 Å². The van der Waals surface area contributed by atoms with E-state index in [0.29, 0.717) is 17.9 Å². The third-order valence-corrected chi connectivity index (χ3v) is 5.86. The van der Waals surface area contributed by atoms with E-state index in [1.807, 2.05) is 23.1 Å². The van der Waals surface area contributed by atoms with Crippen molar-refractivity contribution in [3.05, 3.63) is 53.5 Å². The Bertz CT molecular complexity index is 867. The van der Waals surface area contributed by atoms with Gasteiger partial charge in [-0.1, -0.05) is 18.2 Å². The van der Waals surface area contributed by atoms with Gasteiger partial charge in [0.05, 0.1) is 18.4 Å². The number of rotatable bonds is 4. The minimum Gasteiger partial charge on any atom is -0.469 e. The summed E-state index contributed by atoms with van der Waals surface area (Å²) in [5.74, 6) is 0.720. The molecule has 4 rings (SSSR count). The van der Waals surface area contributed by atoms with Crippen molar-refractivity contribution >= 4 is 17.5 Å². The summed E-state index contributed by atoms with van der Waals surface area (Å²) in [5.41, 5.74) is 2.90. The van der Waals surface area contributed by atoms with Crippen LogP contribution >= 0.6 is 0 Å². The lowest BCUT2D eigenvalue weighted by molar-refractivity contribution is -0.120. The lowest BCUT2D eigenvalue weighted by atomic mass is 10.0. The quantitative estimate of drug-likeness (QED) is 0.884. The van der Waals surface area contributed by atoms with Crippen LogP contribution < -0.4 is 10.2 Å². The first-order valence-electron chi connectivity index (χ1n) is 10.00. The predicted molar refractivity (Wildman–Crippen MR) is 107 cm³/mol. The van der Waals surface area contributed by atoms with Gasteiger partial charge >= 0.3 is 0 Å². The van der Waals surface area contributed by atoms with Gasteiger partial charge in [-0.3, -0.25) is 14.5 Å². The highest BCUT2D eigenvalue weighted by Gasteiger charge is 2.32. The number of likely N-dealkylation sites (tertiary alicyclic amines) is 1. The number of anilines is 1. The second kappa shape index (κ2) is 7.80. The van der Waals surface area contributed by atoms with Crippen molar-refractivity contribution in [2.75, 3.05) is 24.5 Å². The summed E-state index contributed by atoms with van der Waals surface area (Å²) >= 11 is 0. The Hall–Kier alpha value is -2.60. The topological polar surface area (TPSA) is 65.8 Å². The monoisotopic (exact) mass is 381 g/mol. The molecule has 0 aliphatic carbocycles. The van der Waals surface area contributed by atoms with Gasteiger partial charge in [0.2, 0.25) is 5.91 Å². The molecule has 1 N–H and O–H groups in total. The van der Waals surface area contributed by atoms with E-state index in [-0.39, 0.29) is 23.9 Å². The average molecular weight is 381 g/mol. The lowest BCUT2D eigenvalue weighted by Crippen LogP contribution is -2.49. The van der Waals surface area contributed by atoms with E-state index in [2.05, 4.69) is 23.2 Å². The molecule has 2 aliphatic heterocycles. The highest BCUT2D eigenvalue weighted by atomic mass is 16.3. The average Bonchev–Trinajstić information content (AvgIpc) is 3.25. The van der Waals surface area contributed by atoms with E-state index < -0.39 is 0 Å². The number of fused-ring (bicyclic) bond motifs is 1. The first-order chi connectivity index (χ1) is 13.5. The first-order valence-corrected chi connectivity index (χ1v) is 10.00. The summed E-state index contributed by atoms with van der Waals surface area (Å²) in [7, 11) is 0. The molecule has 6 heteroatoms. The Kier molecular flexibility index (Phi) is 5.22. The minimum absolute atomic E-state index is 0.0803. The van der Waals surface area contributed by atoms with Crippen LogP contribution in [0.1, 0.15) is 41.4 Å². The molecule has 1 atom stereocenters. The summed E-state index contributed by atoms with van der Waals surface area (Å²) in [6.45, 7) is 5.95. The maximum absolute atomic E-state index is 12.9. The van der Waals surface area contributed by atoms with E-state index in [0.717, 1.165) is 38.0 Å². The Morgan fingerprint density at radius 1 is 1.18 bits per heavy atom. The zero-order chi connectivity index (χ0) is 19.7. The maximum atomic E-state index is 12.9. The van der Waals surface area contributed by atoms with Crippen molar-refractivity contribution in [3.8, 4) is 0 Å². The largest absolute Gasteiger partial charge is 0.469 e. The van der Waals surface area contributed by atoms with Crippen molar-refractivity contribution in [2.24, 2.45) is 0 Å². The number of carbonyl (C=O) groups is 2. The molecule has 6 nitrogen and oxygen atoms in total. The molecule has 2 aromatic rings. The van der Waals surface area contributed by atoms with Crippen LogP contribution in [0.25, 0.3) is 0 Å². The number of hydrogen-bond acceptors (Lipinski definition) is 4. The molecule has 1 aromatic heterocycles. The van der Waals surface area contributed by atoms with Crippen LogP contribution in [-0.2, 0) is 11.2 Å². The van der Waals surface area contributed by atoms with Crippen LogP contribution in [0.2, 0.25) is 0 Å². The molecule has 148 valence electrons. The van der Waals surface area contributed by atoms with Gasteiger partial charge in [-0.25, -0.2) is 0 Å². The Morgan fingerprint density at radius 2 is 1.93 bits per heavy atom. The third-order valence-electron chi connectivity index (χ3n) is 5.86. The molecular formula is C22H27N3O3. The number of hydrogen-bond donors (Lipinski definition) is 1. The number of aryl methyl sites for hydroxylation is 1. The van der Waals surface area contributed by atoms with Gasteiger partial charge in [-0.2, -0.15) is 0 Å². The maximum Gasteiger partial charge on any atom is 0.255 e. The van der Waals surface area contributed by atoms with Gasteiger partial charge < -0.3 is 14.6 Å². The highest BCUT2D eigenvalue weighted by Crippen LogP contribution is 2.32. The summed E-state index contributed by atoms with van der Waals surface area (Å²) in [6.07, 6.45) is 4.16. The SMILES string of the molecule is Cc1occc1C(=O)NC1CCN(CC(=O)N2c3ccccc3CC2C)CC1. The van der Waals surface area contributed by atoms with Crippen molar-refractivity contribution in [3.63, 3.8) is 0 Å². The zero-order valence-electron chi connectivity index (χ0n) is 16.5. The number of furan rings is 1. The van der Waals surface area contributed by atoms with Crippen LogP contribution in [-0.4, -0.2) is 48.4 Å². The van der Waals surface area contributed by atoms with Crippen LogP contribution in [0.3, 0.4) is 0 Å². The number of benzene rings is 1. The molecule has 0 bridgehead atoms. The second-order valence-corrected chi connectivity index (χ2v) is 7.86. The Balaban J connectivity index is 1.29. The lowest BCUT2D eigenvalue weighted by Gasteiger charge is -2.33. The smallest absolute Gasteiger partial charge is 0.255 e. The van der Waals surface area contributed by atoms with Crippen molar-refractivity contribution in [1.82, 2.24) is 10.2 Å². The van der Waals surface area contributed by atoms with Gasteiger partial charge in [-0.15, -0.1) is 0 Å². The highest BCUT2D eigenvalue weighted by molar-refractivity contribution is 5.97. The summed E-state index contributed by atoms with van der Waals surface area (Å²) < 4.78 is 5.21. The zero-order valence-corrected chi connectivity index (χ0v) is 16.5. The van der Waals surface area contributed by atoms with Crippen LogP contribution in [0.4, 0.5) is 5.69 Å². The molecule has 1 saturated heterocycles. The molecule has 1 aromatic carbocycles. The fourth-order valence-corrected chi connectivity index (χ4v) is 4.33. The van der Waals surface area contributed by atoms with Gasteiger partial charge in [-0.05, 0) is 50.8 Å². The number of nitrogens with zero attached hydrogens (tertiary/aromatic N) is 2. The van der Waals surface area contributed by atoms with Crippen LogP contribution in [0.5, 0.6) is 0 Å². The fraction of sp³-hybridized carbons (Fsp3) is 0.455. The molecule has 0 spiro atoms. The fourth-order valence-electron chi connectivity index (χ4n) is 4.33. The second-order valence-electron chi connectivity index (χ2n) is 7.86. The van der Waals surface area contributed by atoms with E-state index >= 15 is 0 Å². The molecule has 2 amide bonds. The number of nitrogens with one attached hydrogen (secondary N) is 1. The Labute approximate surface area is 165 Å².